The highest BCUT2D eigenvalue weighted by Gasteiger charge is 2.39. The molecule has 0 saturated heterocycles. The van der Waals surface area contributed by atoms with Crippen molar-refractivity contribution in [1.29, 1.82) is 0 Å². The fourth-order valence-electron chi connectivity index (χ4n) is 3.25. The Balaban J connectivity index is 1.92. The van der Waals surface area contributed by atoms with Gasteiger partial charge in [0.1, 0.15) is 28.8 Å². The fourth-order valence-corrected chi connectivity index (χ4v) is 3.50. The van der Waals surface area contributed by atoms with Gasteiger partial charge in [0.05, 0.1) is 28.2 Å². The third-order valence-corrected chi connectivity index (χ3v) is 4.89. The van der Waals surface area contributed by atoms with Crippen LogP contribution in [0.15, 0.2) is 35.3 Å². The quantitative estimate of drug-likeness (QED) is 0.359. The molecule has 0 aliphatic heterocycles. The van der Waals surface area contributed by atoms with Crippen LogP contribution >= 0.6 is 11.6 Å². The minimum Gasteiger partial charge on any atom is -0.383 e. The Hall–Kier alpha value is -3.87. The second-order valence-corrected chi connectivity index (χ2v) is 7.15. The van der Waals surface area contributed by atoms with E-state index < -0.39 is 40.9 Å². The van der Waals surface area contributed by atoms with Crippen LogP contribution in [0.1, 0.15) is 24.4 Å². The van der Waals surface area contributed by atoms with Crippen LogP contribution in [0.2, 0.25) is 5.02 Å². The molecule has 0 saturated carbocycles. The second kappa shape index (κ2) is 7.67. The molecule has 4 rings (SSSR count). The molecule has 0 bridgehead atoms. The first-order valence-electron chi connectivity index (χ1n) is 9.05. The van der Waals surface area contributed by atoms with E-state index in [9.17, 15) is 18.0 Å². The van der Waals surface area contributed by atoms with Crippen LogP contribution < -0.4 is 22.3 Å². The van der Waals surface area contributed by atoms with Crippen LogP contribution in [0.4, 0.5) is 30.8 Å². The number of rotatable bonds is 4. The smallest absolute Gasteiger partial charge is 0.383 e. The minimum absolute atomic E-state index is 0.0675. The van der Waals surface area contributed by atoms with Crippen molar-refractivity contribution in [3.8, 4) is 5.82 Å². The van der Waals surface area contributed by atoms with Crippen LogP contribution in [-0.2, 0) is 6.18 Å². The Labute approximate surface area is 182 Å². The topological polar surface area (TPSA) is 153 Å². The number of nitrogens with zero attached hydrogens (tertiary/aromatic N) is 5. The Bertz CT molecular complexity index is 1370. The van der Waals surface area contributed by atoms with E-state index in [4.69, 9.17) is 23.1 Å². The molecule has 32 heavy (non-hydrogen) atoms. The number of alkyl halides is 3. The van der Waals surface area contributed by atoms with Gasteiger partial charge in [-0.15, -0.1) is 0 Å². The number of nitrogens with two attached hydrogens (primary N) is 2. The summed E-state index contributed by atoms with van der Waals surface area (Å²) < 4.78 is 41.9. The Morgan fingerprint density at radius 3 is 2.59 bits per heavy atom. The van der Waals surface area contributed by atoms with Gasteiger partial charge in [-0.25, -0.2) is 9.55 Å². The largest absolute Gasteiger partial charge is 0.423 e. The van der Waals surface area contributed by atoms with Gasteiger partial charge in [0.15, 0.2) is 0 Å². The SMILES string of the molecule is C[C@H](Nc1nc(N)nc(N)c1C(F)(F)F)c1nc2cccc(Cl)c2c(=O)n1-c1ccn[nH]1. The summed E-state index contributed by atoms with van der Waals surface area (Å²) >= 11 is 6.20. The normalized spacial score (nSPS) is 12.8. The number of nitrogen functional groups attached to an aromatic ring is 2. The number of anilines is 3. The van der Waals surface area contributed by atoms with Crippen molar-refractivity contribution in [2.45, 2.75) is 19.1 Å². The second-order valence-electron chi connectivity index (χ2n) is 6.74. The van der Waals surface area contributed by atoms with E-state index in [0.717, 1.165) is 0 Å². The first kappa shape index (κ1) is 21.4. The highest BCUT2D eigenvalue weighted by atomic mass is 35.5. The summed E-state index contributed by atoms with van der Waals surface area (Å²) in [7, 11) is 0. The molecule has 14 heteroatoms. The van der Waals surface area contributed by atoms with Gasteiger partial charge in [-0.2, -0.15) is 28.2 Å². The molecule has 10 nitrogen and oxygen atoms in total. The average molecular weight is 466 g/mol. The summed E-state index contributed by atoms with van der Waals surface area (Å²) in [5.74, 6) is -1.62. The molecule has 0 aliphatic carbocycles. The van der Waals surface area contributed by atoms with Gasteiger partial charge >= 0.3 is 6.18 Å². The molecule has 3 heterocycles. The van der Waals surface area contributed by atoms with Crippen molar-refractivity contribution in [3.05, 3.63) is 57.2 Å². The lowest BCUT2D eigenvalue weighted by atomic mass is 10.2. The lowest BCUT2D eigenvalue weighted by Gasteiger charge is -2.21. The summed E-state index contributed by atoms with van der Waals surface area (Å²) in [6.45, 7) is 1.50. The van der Waals surface area contributed by atoms with E-state index in [1.54, 1.807) is 12.1 Å². The van der Waals surface area contributed by atoms with Crippen LogP contribution in [-0.4, -0.2) is 29.7 Å². The highest BCUT2D eigenvalue weighted by molar-refractivity contribution is 6.35. The van der Waals surface area contributed by atoms with Gasteiger partial charge in [-0.05, 0) is 19.1 Å². The Morgan fingerprint density at radius 1 is 1.19 bits per heavy atom. The van der Waals surface area contributed by atoms with Crippen molar-refractivity contribution >= 4 is 40.1 Å². The molecule has 3 aromatic heterocycles. The lowest BCUT2D eigenvalue weighted by molar-refractivity contribution is -0.136. The zero-order valence-electron chi connectivity index (χ0n) is 16.3. The van der Waals surface area contributed by atoms with Gasteiger partial charge in [0.25, 0.3) is 5.56 Å². The number of benzene rings is 1. The predicted octanol–water partition coefficient (Wildman–Crippen LogP) is 2.91. The van der Waals surface area contributed by atoms with Crippen LogP contribution in [0.25, 0.3) is 16.7 Å². The number of aromatic amines is 1. The standard InChI is InChI=1S/C18H15ClF3N9O/c1-7(26-14-12(18(20,21)22)13(23)28-17(24)29-14)15-27-9-4-2-3-8(19)11(9)16(32)31(15)10-5-6-25-30-10/h2-7H,1H3,(H,25,30)(H5,23,24,26,28,29)/t7-/m0/s1. The predicted molar refractivity (Wildman–Crippen MR) is 112 cm³/mol. The van der Waals surface area contributed by atoms with Crippen molar-refractivity contribution < 1.29 is 13.2 Å². The Kier molecular flexibility index (Phi) is 5.12. The summed E-state index contributed by atoms with van der Waals surface area (Å²) in [6, 6.07) is 5.24. The van der Waals surface area contributed by atoms with Crippen molar-refractivity contribution in [2.75, 3.05) is 16.8 Å². The molecule has 6 N–H and O–H groups in total. The zero-order chi connectivity index (χ0) is 23.2. The molecule has 0 fully saturated rings. The summed E-state index contributed by atoms with van der Waals surface area (Å²) in [4.78, 5) is 24.8. The molecule has 166 valence electrons. The maximum Gasteiger partial charge on any atom is 0.423 e. The highest BCUT2D eigenvalue weighted by Crippen LogP contribution is 2.38. The number of hydrogen-bond donors (Lipinski definition) is 4. The van der Waals surface area contributed by atoms with Gasteiger partial charge < -0.3 is 16.8 Å². The molecular formula is C18H15ClF3N9O. The molecule has 1 atom stereocenters. The monoisotopic (exact) mass is 465 g/mol. The molecule has 0 unspecified atom stereocenters. The number of H-pyrrole nitrogens is 1. The van der Waals surface area contributed by atoms with Crippen LogP contribution in [0.5, 0.6) is 0 Å². The maximum absolute atomic E-state index is 13.6. The lowest BCUT2D eigenvalue weighted by Crippen LogP contribution is -2.28. The molecule has 0 spiro atoms. The van der Waals surface area contributed by atoms with Gasteiger partial charge in [0.2, 0.25) is 5.95 Å². The summed E-state index contributed by atoms with van der Waals surface area (Å²) in [5.41, 5.74) is 9.40. The first-order chi connectivity index (χ1) is 15.1. The van der Waals surface area contributed by atoms with E-state index in [2.05, 4.69) is 30.5 Å². The fraction of sp³-hybridized carbons (Fsp3) is 0.167. The van der Waals surface area contributed by atoms with E-state index in [1.165, 1.54) is 29.8 Å². The third kappa shape index (κ3) is 3.66. The molecule has 0 radical (unpaired) electrons. The van der Waals surface area contributed by atoms with Crippen molar-refractivity contribution in [1.82, 2.24) is 29.7 Å². The van der Waals surface area contributed by atoms with Crippen LogP contribution in [0, 0.1) is 0 Å². The number of nitrogens with one attached hydrogen (secondary N) is 2. The molecule has 0 aliphatic rings. The summed E-state index contributed by atoms with van der Waals surface area (Å²) in [5, 5.41) is 9.40. The van der Waals surface area contributed by atoms with E-state index >= 15 is 0 Å². The Morgan fingerprint density at radius 2 is 1.94 bits per heavy atom. The van der Waals surface area contributed by atoms with Gasteiger partial charge in [0, 0.05) is 6.07 Å². The maximum atomic E-state index is 13.6. The number of halogens is 4. The van der Waals surface area contributed by atoms with Gasteiger partial charge in [-0.1, -0.05) is 17.7 Å². The van der Waals surface area contributed by atoms with E-state index in [1.807, 2.05) is 0 Å². The zero-order valence-corrected chi connectivity index (χ0v) is 17.0. The van der Waals surface area contributed by atoms with E-state index in [-0.39, 0.29) is 27.6 Å². The van der Waals surface area contributed by atoms with Crippen molar-refractivity contribution in [2.24, 2.45) is 0 Å². The molecular weight excluding hydrogens is 451 g/mol. The number of fused-ring (bicyclic) bond motifs is 1. The molecule has 4 aromatic rings. The van der Waals surface area contributed by atoms with Crippen molar-refractivity contribution in [3.63, 3.8) is 0 Å². The number of aromatic nitrogens is 6. The van der Waals surface area contributed by atoms with Crippen LogP contribution in [0.3, 0.4) is 0 Å². The summed E-state index contributed by atoms with van der Waals surface area (Å²) in [6.07, 6.45) is -3.44. The molecule has 1 aromatic carbocycles. The number of hydrogen-bond acceptors (Lipinski definition) is 8. The minimum atomic E-state index is -4.85. The first-order valence-corrected chi connectivity index (χ1v) is 9.43. The van der Waals surface area contributed by atoms with Gasteiger partial charge in [-0.3, -0.25) is 9.89 Å². The third-order valence-electron chi connectivity index (χ3n) is 4.58. The van der Waals surface area contributed by atoms with E-state index in [0.29, 0.717) is 0 Å². The molecule has 0 amide bonds. The average Bonchev–Trinajstić information content (AvgIpc) is 3.20.